The van der Waals surface area contributed by atoms with E-state index in [-0.39, 0.29) is 30.2 Å². The molecule has 3 heterocycles. The standard InChI is InChI=1S/C24H31N3O6/c1-2-32-24-18(14-20(28)33-24)26-22(30)19-13-12-16-10-6-7-11-17(23(31)27(16)19)25-21(29)15-8-4-3-5-9-15/h3-5,8-9,16-19,24H,2,6-7,10-14H2,1H3,(H,25,29)(H,26,30). The lowest BCUT2D eigenvalue weighted by molar-refractivity contribution is -0.164. The van der Waals surface area contributed by atoms with Gasteiger partial charge in [-0.1, -0.05) is 31.0 Å². The Kier molecular flexibility index (Phi) is 7.27. The number of carbonyl (C=O) groups is 4. The van der Waals surface area contributed by atoms with Gasteiger partial charge in [0.15, 0.2) is 0 Å². The molecule has 9 heteroatoms. The Hall–Kier alpha value is -2.94. The molecule has 3 amide bonds. The van der Waals surface area contributed by atoms with Crippen molar-refractivity contribution in [2.24, 2.45) is 0 Å². The lowest BCUT2D eigenvalue weighted by Crippen LogP contribution is -2.57. The van der Waals surface area contributed by atoms with Crippen LogP contribution in [-0.4, -0.2) is 65.7 Å². The van der Waals surface area contributed by atoms with E-state index in [1.54, 1.807) is 36.1 Å². The molecule has 1 aromatic rings. The zero-order chi connectivity index (χ0) is 23.4. The maximum atomic E-state index is 13.5. The average Bonchev–Trinajstić information content (AvgIpc) is 3.37. The van der Waals surface area contributed by atoms with Gasteiger partial charge in [-0.2, -0.15) is 0 Å². The summed E-state index contributed by atoms with van der Waals surface area (Å²) in [6, 6.07) is 6.86. The van der Waals surface area contributed by atoms with Gasteiger partial charge in [0, 0.05) is 18.2 Å². The first-order valence-electron chi connectivity index (χ1n) is 11.8. The quantitative estimate of drug-likeness (QED) is 0.626. The molecule has 178 valence electrons. The number of fused-ring (bicyclic) bond motifs is 1. The average molecular weight is 458 g/mol. The first-order valence-corrected chi connectivity index (χ1v) is 11.8. The number of hydrogen-bond donors (Lipinski definition) is 2. The molecular formula is C24H31N3O6. The number of cyclic esters (lactones) is 1. The third-order valence-corrected chi connectivity index (χ3v) is 6.60. The van der Waals surface area contributed by atoms with Gasteiger partial charge < -0.3 is 25.0 Å². The van der Waals surface area contributed by atoms with Crippen LogP contribution in [0.1, 0.15) is 62.2 Å². The van der Waals surface area contributed by atoms with Crippen molar-refractivity contribution in [3.8, 4) is 0 Å². The molecule has 0 aliphatic carbocycles. The minimum Gasteiger partial charge on any atom is -0.433 e. The molecule has 33 heavy (non-hydrogen) atoms. The van der Waals surface area contributed by atoms with E-state index >= 15 is 0 Å². The molecule has 9 nitrogen and oxygen atoms in total. The Morgan fingerprint density at radius 3 is 2.58 bits per heavy atom. The summed E-state index contributed by atoms with van der Waals surface area (Å²) in [5.74, 6) is -1.25. The van der Waals surface area contributed by atoms with Crippen LogP contribution in [0, 0.1) is 0 Å². The van der Waals surface area contributed by atoms with E-state index < -0.39 is 30.4 Å². The van der Waals surface area contributed by atoms with Gasteiger partial charge in [0.2, 0.25) is 18.1 Å². The van der Waals surface area contributed by atoms with Crippen LogP contribution in [0.4, 0.5) is 0 Å². The summed E-state index contributed by atoms with van der Waals surface area (Å²) in [4.78, 5) is 52.8. The third-order valence-electron chi connectivity index (χ3n) is 6.60. The highest BCUT2D eigenvalue weighted by molar-refractivity contribution is 5.98. The van der Waals surface area contributed by atoms with E-state index in [4.69, 9.17) is 9.47 Å². The minimum atomic E-state index is -0.815. The van der Waals surface area contributed by atoms with Crippen molar-refractivity contribution in [1.29, 1.82) is 0 Å². The van der Waals surface area contributed by atoms with Gasteiger partial charge in [-0.05, 0) is 44.7 Å². The number of nitrogens with zero attached hydrogens (tertiary/aromatic N) is 1. The highest BCUT2D eigenvalue weighted by Gasteiger charge is 2.45. The second kappa shape index (κ2) is 10.3. The van der Waals surface area contributed by atoms with E-state index in [2.05, 4.69) is 10.6 Å². The molecule has 3 aliphatic heterocycles. The van der Waals surface area contributed by atoms with E-state index in [9.17, 15) is 19.2 Å². The zero-order valence-corrected chi connectivity index (χ0v) is 18.8. The predicted octanol–water partition coefficient (Wildman–Crippen LogP) is 1.51. The van der Waals surface area contributed by atoms with Gasteiger partial charge in [-0.25, -0.2) is 0 Å². The van der Waals surface area contributed by atoms with Crippen LogP contribution >= 0.6 is 0 Å². The molecule has 0 saturated carbocycles. The smallest absolute Gasteiger partial charge is 0.310 e. The number of ether oxygens (including phenoxy) is 2. The number of benzene rings is 1. The molecule has 3 aliphatic rings. The summed E-state index contributed by atoms with van der Waals surface area (Å²) in [6.07, 6.45) is 3.64. The van der Waals surface area contributed by atoms with Crippen molar-refractivity contribution in [2.45, 2.75) is 82.3 Å². The normalized spacial score (nSPS) is 29.6. The van der Waals surface area contributed by atoms with Crippen molar-refractivity contribution >= 4 is 23.7 Å². The summed E-state index contributed by atoms with van der Waals surface area (Å²) in [7, 11) is 0. The monoisotopic (exact) mass is 457 g/mol. The topological polar surface area (TPSA) is 114 Å². The predicted molar refractivity (Wildman–Crippen MR) is 118 cm³/mol. The van der Waals surface area contributed by atoms with Gasteiger partial charge >= 0.3 is 5.97 Å². The Morgan fingerprint density at radius 2 is 1.82 bits per heavy atom. The van der Waals surface area contributed by atoms with Crippen molar-refractivity contribution in [3.05, 3.63) is 35.9 Å². The third kappa shape index (κ3) is 5.19. The highest BCUT2D eigenvalue weighted by Crippen LogP contribution is 2.32. The molecule has 3 fully saturated rings. The van der Waals surface area contributed by atoms with E-state index in [0.29, 0.717) is 25.0 Å². The largest absolute Gasteiger partial charge is 0.433 e. The molecule has 0 radical (unpaired) electrons. The van der Waals surface area contributed by atoms with Crippen LogP contribution in [0.15, 0.2) is 30.3 Å². The molecule has 3 saturated heterocycles. The van der Waals surface area contributed by atoms with Gasteiger partial charge in [-0.3, -0.25) is 19.2 Å². The van der Waals surface area contributed by atoms with Crippen LogP contribution in [0.25, 0.3) is 0 Å². The van der Waals surface area contributed by atoms with Crippen LogP contribution in [-0.2, 0) is 23.9 Å². The number of rotatable bonds is 6. The Balaban J connectivity index is 1.47. The molecule has 1 aromatic carbocycles. The molecular weight excluding hydrogens is 426 g/mol. The Morgan fingerprint density at radius 1 is 1.06 bits per heavy atom. The van der Waals surface area contributed by atoms with Crippen molar-refractivity contribution in [1.82, 2.24) is 15.5 Å². The molecule has 4 rings (SSSR count). The van der Waals surface area contributed by atoms with Crippen molar-refractivity contribution in [3.63, 3.8) is 0 Å². The Bertz CT molecular complexity index is 891. The number of hydrogen-bond acceptors (Lipinski definition) is 6. The fraction of sp³-hybridized carbons (Fsp3) is 0.583. The highest BCUT2D eigenvalue weighted by atomic mass is 16.7. The molecule has 0 bridgehead atoms. The molecule has 0 spiro atoms. The Labute approximate surface area is 193 Å². The summed E-state index contributed by atoms with van der Waals surface area (Å²) in [5.41, 5.74) is 0.493. The minimum absolute atomic E-state index is 0.0335. The SMILES string of the molecule is CCOC1OC(=O)CC1NC(=O)C1CCC2CCCCC(NC(=O)c3ccccc3)C(=O)N21. The van der Waals surface area contributed by atoms with Crippen LogP contribution in [0.5, 0.6) is 0 Å². The maximum Gasteiger partial charge on any atom is 0.310 e. The fourth-order valence-corrected chi connectivity index (χ4v) is 5.00. The molecule has 0 aromatic heterocycles. The van der Waals surface area contributed by atoms with E-state index in [0.717, 1.165) is 25.7 Å². The van der Waals surface area contributed by atoms with E-state index in [1.165, 1.54) is 0 Å². The first-order chi connectivity index (χ1) is 16.0. The summed E-state index contributed by atoms with van der Waals surface area (Å²) >= 11 is 0. The number of amides is 3. The van der Waals surface area contributed by atoms with Gasteiger partial charge in [-0.15, -0.1) is 0 Å². The number of carbonyl (C=O) groups excluding carboxylic acids is 4. The summed E-state index contributed by atoms with van der Waals surface area (Å²) in [6.45, 7) is 2.14. The van der Waals surface area contributed by atoms with E-state index in [1.807, 2.05) is 6.07 Å². The number of nitrogens with one attached hydrogen (secondary N) is 2. The van der Waals surface area contributed by atoms with Crippen molar-refractivity contribution in [2.75, 3.05) is 6.61 Å². The lowest BCUT2D eigenvalue weighted by atomic mass is 9.98. The van der Waals surface area contributed by atoms with Gasteiger partial charge in [0.05, 0.1) is 6.42 Å². The molecule has 5 atom stereocenters. The van der Waals surface area contributed by atoms with Crippen molar-refractivity contribution < 1.29 is 28.7 Å². The molecule has 5 unspecified atom stereocenters. The molecule has 2 N–H and O–H groups in total. The second-order valence-corrected chi connectivity index (χ2v) is 8.80. The second-order valence-electron chi connectivity index (χ2n) is 8.80. The summed E-state index contributed by atoms with van der Waals surface area (Å²) in [5, 5.41) is 5.75. The maximum absolute atomic E-state index is 13.5. The van der Waals surface area contributed by atoms with Crippen LogP contribution in [0.2, 0.25) is 0 Å². The van der Waals surface area contributed by atoms with Gasteiger partial charge in [0.1, 0.15) is 18.1 Å². The van der Waals surface area contributed by atoms with Crippen LogP contribution in [0.3, 0.4) is 0 Å². The fourth-order valence-electron chi connectivity index (χ4n) is 5.00. The van der Waals surface area contributed by atoms with Gasteiger partial charge in [0.25, 0.3) is 5.91 Å². The summed E-state index contributed by atoms with van der Waals surface area (Å²) < 4.78 is 10.6. The first kappa shape index (κ1) is 23.2. The van der Waals surface area contributed by atoms with Crippen LogP contribution < -0.4 is 10.6 Å². The zero-order valence-electron chi connectivity index (χ0n) is 18.8. The number of esters is 1. The lowest BCUT2D eigenvalue weighted by Gasteiger charge is -2.35.